The molecular formula is C16H20N2O4. The maximum Gasteiger partial charge on any atom is 0.260 e. The molecule has 1 saturated heterocycles. The molecule has 0 N–H and O–H groups in total. The molecule has 1 aromatic carbocycles. The first-order valence-electron chi connectivity index (χ1n) is 7.24. The Bertz CT molecular complexity index is 560. The van der Waals surface area contributed by atoms with Gasteiger partial charge in [-0.25, -0.2) is 0 Å². The monoisotopic (exact) mass is 304 g/mol. The molecule has 6 heteroatoms. The Morgan fingerprint density at radius 3 is 2.00 bits per heavy atom. The molecular weight excluding hydrogens is 284 g/mol. The third-order valence-electron chi connectivity index (χ3n) is 3.70. The molecule has 2 rings (SSSR count). The van der Waals surface area contributed by atoms with Crippen LogP contribution in [0.2, 0.25) is 0 Å². The van der Waals surface area contributed by atoms with E-state index in [9.17, 15) is 14.4 Å². The predicted molar refractivity (Wildman–Crippen MR) is 80.8 cm³/mol. The topological polar surface area (TPSA) is 66.9 Å². The highest BCUT2D eigenvalue weighted by molar-refractivity contribution is 5.94. The van der Waals surface area contributed by atoms with Crippen LogP contribution in [0.25, 0.3) is 0 Å². The van der Waals surface area contributed by atoms with Crippen molar-refractivity contribution in [2.45, 2.75) is 13.8 Å². The van der Waals surface area contributed by atoms with Gasteiger partial charge in [-0.2, -0.15) is 0 Å². The third-order valence-corrected chi connectivity index (χ3v) is 3.70. The summed E-state index contributed by atoms with van der Waals surface area (Å²) in [4.78, 5) is 37.9. The standard InChI is InChI=1S/C16H20N2O4/c1-12(19)14-3-5-15(6-4-14)22-11-16(21)18-9-7-17(8-10-18)13(2)20/h3-6H,7-11H2,1-2H3. The first kappa shape index (κ1) is 16.0. The number of nitrogens with zero attached hydrogens (tertiary/aromatic N) is 2. The fourth-order valence-corrected chi connectivity index (χ4v) is 2.29. The lowest BCUT2D eigenvalue weighted by Gasteiger charge is -2.34. The zero-order chi connectivity index (χ0) is 16.1. The molecule has 0 unspecified atom stereocenters. The van der Waals surface area contributed by atoms with Crippen molar-refractivity contribution in [3.8, 4) is 5.75 Å². The zero-order valence-electron chi connectivity index (χ0n) is 12.9. The smallest absolute Gasteiger partial charge is 0.260 e. The van der Waals surface area contributed by atoms with Crippen molar-refractivity contribution in [3.05, 3.63) is 29.8 Å². The van der Waals surface area contributed by atoms with Crippen LogP contribution in [0.3, 0.4) is 0 Å². The second kappa shape index (κ2) is 7.06. The van der Waals surface area contributed by atoms with Crippen molar-refractivity contribution in [1.29, 1.82) is 0 Å². The Hall–Kier alpha value is -2.37. The zero-order valence-corrected chi connectivity index (χ0v) is 12.9. The Labute approximate surface area is 129 Å². The fraction of sp³-hybridized carbons (Fsp3) is 0.438. The number of carbonyl (C=O) groups is 3. The minimum atomic E-state index is -0.0983. The van der Waals surface area contributed by atoms with Gasteiger partial charge in [-0.1, -0.05) is 0 Å². The molecule has 0 bridgehead atoms. The van der Waals surface area contributed by atoms with Crippen molar-refractivity contribution in [2.75, 3.05) is 32.8 Å². The van der Waals surface area contributed by atoms with Crippen LogP contribution in [0.1, 0.15) is 24.2 Å². The molecule has 2 amide bonds. The summed E-state index contributed by atoms with van der Waals surface area (Å²) < 4.78 is 5.45. The number of carbonyl (C=O) groups excluding carboxylic acids is 3. The first-order chi connectivity index (χ1) is 10.5. The molecule has 0 aliphatic carbocycles. The van der Waals surface area contributed by atoms with Crippen molar-refractivity contribution >= 4 is 17.6 Å². The number of ether oxygens (including phenoxy) is 1. The average Bonchev–Trinajstić information content (AvgIpc) is 2.53. The van der Waals surface area contributed by atoms with E-state index in [0.29, 0.717) is 37.5 Å². The highest BCUT2D eigenvalue weighted by Gasteiger charge is 2.22. The van der Waals surface area contributed by atoms with Gasteiger partial charge in [0.1, 0.15) is 5.75 Å². The summed E-state index contributed by atoms with van der Waals surface area (Å²) in [6, 6.07) is 6.71. The summed E-state index contributed by atoms with van der Waals surface area (Å²) >= 11 is 0. The van der Waals surface area contributed by atoms with Gasteiger partial charge in [0.2, 0.25) is 5.91 Å². The second-order valence-corrected chi connectivity index (χ2v) is 5.26. The lowest BCUT2D eigenvalue weighted by atomic mass is 10.1. The van der Waals surface area contributed by atoms with Crippen LogP contribution in [0.5, 0.6) is 5.75 Å². The number of hydrogen-bond acceptors (Lipinski definition) is 4. The van der Waals surface area contributed by atoms with E-state index in [1.54, 1.807) is 34.1 Å². The number of amides is 2. The predicted octanol–water partition coefficient (Wildman–Crippen LogP) is 0.959. The average molecular weight is 304 g/mol. The molecule has 0 spiro atoms. The summed E-state index contributed by atoms with van der Waals surface area (Å²) in [6.45, 7) is 5.18. The summed E-state index contributed by atoms with van der Waals surface area (Å²) in [7, 11) is 0. The van der Waals surface area contributed by atoms with Gasteiger partial charge in [0.05, 0.1) is 0 Å². The number of rotatable bonds is 4. The van der Waals surface area contributed by atoms with Crippen LogP contribution in [0, 0.1) is 0 Å². The highest BCUT2D eigenvalue weighted by Crippen LogP contribution is 2.13. The first-order valence-corrected chi connectivity index (χ1v) is 7.24. The summed E-state index contributed by atoms with van der Waals surface area (Å²) in [6.07, 6.45) is 0. The lowest BCUT2D eigenvalue weighted by Crippen LogP contribution is -2.51. The molecule has 0 aromatic heterocycles. The quantitative estimate of drug-likeness (QED) is 0.777. The van der Waals surface area contributed by atoms with Crippen LogP contribution in [-0.2, 0) is 9.59 Å². The summed E-state index contributed by atoms with van der Waals surface area (Å²) in [5.41, 5.74) is 0.610. The SMILES string of the molecule is CC(=O)c1ccc(OCC(=O)N2CCN(C(C)=O)CC2)cc1. The van der Waals surface area contributed by atoms with Gasteiger partial charge < -0.3 is 14.5 Å². The minimum absolute atomic E-state index is 0.00836. The molecule has 1 aromatic rings. The Morgan fingerprint density at radius 2 is 1.50 bits per heavy atom. The number of hydrogen-bond donors (Lipinski definition) is 0. The Morgan fingerprint density at radius 1 is 0.955 bits per heavy atom. The number of ketones is 1. The van der Waals surface area contributed by atoms with Gasteiger partial charge in [0.25, 0.3) is 5.91 Å². The van der Waals surface area contributed by atoms with Gasteiger partial charge in [0.15, 0.2) is 12.4 Å². The minimum Gasteiger partial charge on any atom is -0.484 e. The fourth-order valence-electron chi connectivity index (χ4n) is 2.29. The molecule has 1 aliphatic rings. The normalized spacial score (nSPS) is 14.6. The third kappa shape index (κ3) is 4.07. The van der Waals surface area contributed by atoms with E-state index >= 15 is 0 Å². The van der Waals surface area contributed by atoms with Crippen molar-refractivity contribution in [1.82, 2.24) is 9.80 Å². The van der Waals surface area contributed by atoms with Crippen LogP contribution in [0.4, 0.5) is 0 Å². The summed E-state index contributed by atoms with van der Waals surface area (Å²) in [5, 5.41) is 0. The van der Waals surface area contributed by atoms with Gasteiger partial charge in [-0.15, -0.1) is 0 Å². The van der Waals surface area contributed by atoms with E-state index in [2.05, 4.69) is 0 Å². The van der Waals surface area contributed by atoms with Crippen molar-refractivity contribution < 1.29 is 19.1 Å². The van der Waals surface area contributed by atoms with Gasteiger partial charge >= 0.3 is 0 Å². The molecule has 0 saturated carbocycles. The van der Waals surface area contributed by atoms with E-state index in [4.69, 9.17) is 4.74 Å². The van der Waals surface area contributed by atoms with E-state index in [0.717, 1.165) is 0 Å². The van der Waals surface area contributed by atoms with Gasteiger partial charge in [-0.3, -0.25) is 14.4 Å². The van der Waals surface area contributed by atoms with E-state index < -0.39 is 0 Å². The van der Waals surface area contributed by atoms with E-state index in [-0.39, 0.29) is 24.2 Å². The maximum atomic E-state index is 12.1. The molecule has 118 valence electrons. The molecule has 6 nitrogen and oxygen atoms in total. The maximum absolute atomic E-state index is 12.1. The largest absolute Gasteiger partial charge is 0.484 e. The van der Waals surface area contributed by atoms with E-state index in [1.807, 2.05) is 0 Å². The number of benzene rings is 1. The van der Waals surface area contributed by atoms with E-state index in [1.165, 1.54) is 13.8 Å². The molecule has 1 heterocycles. The Kier molecular flexibility index (Phi) is 5.14. The highest BCUT2D eigenvalue weighted by atomic mass is 16.5. The van der Waals surface area contributed by atoms with Gasteiger partial charge in [0, 0.05) is 38.7 Å². The Balaban J connectivity index is 1.80. The van der Waals surface area contributed by atoms with Gasteiger partial charge in [-0.05, 0) is 31.2 Å². The molecule has 22 heavy (non-hydrogen) atoms. The van der Waals surface area contributed by atoms with Crippen molar-refractivity contribution in [2.24, 2.45) is 0 Å². The number of Topliss-reactive ketones (excluding diaryl/α,β-unsaturated/α-hetero) is 1. The van der Waals surface area contributed by atoms with Crippen molar-refractivity contribution in [3.63, 3.8) is 0 Å². The van der Waals surface area contributed by atoms with Crippen LogP contribution < -0.4 is 4.74 Å². The molecule has 1 aliphatic heterocycles. The lowest BCUT2D eigenvalue weighted by molar-refractivity contribution is -0.139. The molecule has 1 fully saturated rings. The molecule has 0 radical (unpaired) electrons. The van der Waals surface area contributed by atoms with Crippen LogP contribution in [-0.4, -0.2) is 60.2 Å². The summed E-state index contributed by atoms with van der Waals surface area (Å²) in [5.74, 6) is 0.486. The number of piperazine rings is 1. The second-order valence-electron chi connectivity index (χ2n) is 5.26. The van der Waals surface area contributed by atoms with Crippen LogP contribution in [0.15, 0.2) is 24.3 Å². The van der Waals surface area contributed by atoms with Crippen LogP contribution >= 0.6 is 0 Å². The molecule has 0 atom stereocenters.